The standard InChI is InChI=1S/C19H16N4O4S/c1-22-13-20-21-19(22)28-17-10-9-15(12-16(17)23(25)26)18(24)27-11-5-8-14-6-3-2-4-7-14/h2-10,12-13H,11H2,1H3/b8-5+. The van der Waals surface area contributed by atoms with Crippen LogP contribution in [-0.2, 0) is 11.8 Å². The van der Waals surface area contributed by atoms with Crippen LogP contribution in [0.25, 0.3) is 6.08 Å². The minimum atomic E-state index is -0.629. The molecule has 0 spiro atoms. The number of aromatic nitrogens is 3. The van der Waals surface area contributed by atoms with Crippen LogP contribution in [0, 0.1) is 10.1 Å². The predicted octanol–water partition coefficient (Wildman–Crippen LogP) is 3.74. The first-order valence-corrected chi connectivity index (χ1v) is 9.05. The van der Waals surface area contributed by atoms with Gasteiger partial charge in [0.05, 0.1) is 15.4 Å². The first kappa shape index (κ1) is 19.3. The lowest BCUT2D eigenvalue weighted by Crippen LogP contribution is -2.06. The van der Waals surface area contributed by atoms with E-state index in [1.54, 1.807) is 17.7 Å². The van der Waals surface area contributed by atoms with Crippen molar-refractivity contribution in [1.29, 1.82) is 0 Å². The van der Waals surface area contributed by atoms with E-state index in [1.165, 1.54) is 24.5 Å². The Balaban J connectivity index is 1.68. The number of rotatable bonds is 7. The molecule has 1 heterocycles. The van der Waals surface area contributed by atoms with Gasteiger partial charge in [0.2, 0.25) is 0 Å². The number of nitrogens with zero attached hydrogens (tertiary/aromatic N) is 4. The molecule has 0 amide bonds. The molecule has 9 heteroatoms. The third-order valence-corrected chi connectivity index (χ3v) is 4.80. The van der Waals surface area contributed by atoms with Gasteiger partial charge < -0.3 is 9.30 Å². The van der Waals surface area contributed by atoms with Gasteiger partial charge in [-0.25, -0.2) is 4.79 Å². The Kier molecular flexibility index (Phi) is 6.18. The van der Waals surface area contributed by atoms with Gasteiger partial charge in [0, 0.05) is 13.1 Å². The maximum Gasteiger partial charge on any atom is 0.338 e. The van der Waals surface area contributed by atoms with Crippen molar-refractivity contribution in [2.45, 2.75) is 10.1 Å². The molecule has 0 bridgehead atoms. The first-order valence-electron chi connectivity index (χ1n) is 8.23. The quantitative estimate of drug-likeness (QED) is 0.341. The van der Waals surface area contributed by atoms with E-state index in [2.05, 4.69) is 10.2 Å². The van der Waals surface area contributed by atoms with E-state index in [0.29, 0.717) is 10.1 Å². The molecule has 0 aliphatic rings. The fraction of sp³-hybridized carbons (Fsp3) is 0.105. The second-order valence-electron chi connectivity index (χ2n) is 5.68. The molecule has 0 N–H and O–H groups in total. The van der Waals surface area contributed by atoms with Crippen molar-refractivity contribution in [3.05, 3.63) is 82.2 Å². The third kappa shape index (κ3) is 4.83. The summed E-state index contributed by atoms with van der Waals surface area (Å²) in [5.41, 5.74) is 0.906. The minimum absolute atomic E-state index is 0.0664. The Labute approximate surface area is 165 Å². The highest BCUT2D eigenvalue weighted by Gasteiger charge is 2.20. The number of ether oxygens (including phenoxy) is 1. The summed E-state index contributed by atoms with van der Waals surface area (Å²) in [6.45, 7) is 0.0664. The highest BCUT2D eigenvalue weighted by atomic mass is 32.2. The van der Waals surface area contributed by atoms with Gasteiger partial charge >= 0.3 is 5.97 Å². The molecular formula is C19H16N4O4S. The van der Waals surface area contributed by atoms with E-state index in [1.807, 2.05) is 36.4 Å². The van der Waals surface area contributed by atoms with Crippen LogP contribution in [0.3, 0.4) is 0 Å². The average molecular weight is 396 g/mol. The van der Waals surface area contributed by atoms with Crippen LogP contribution in [-0.4, -0.2) is 32.3 Å². The molecule has 3 rings (SSSR count). The molecule has 142 valence electrons. The molecule has 8 nitrogen and oxygen atoms in total. The van der Waals surface area contributed by atoms with E-state index in [9.17, 15) is 14.9 Å². The van der Waals surface area contributed by atoms with Gasteiger partial charge in [0.15, 0.2) is 5.16 Å². The summed E-state index contributed by atoms with van der Waals surface area (Å²) in [7, 11) is 1.74. The highest BCUT2D eigenvalue weighted by Crippen LogP contribution is 2.34. The first-order chi connectivity index (χ1) is 13.5. The molecule has 3 aromatic rings. The molecule has 28 heavy (non-hydrogen) atoms. The largest absolute Gasteiger partial charge is 0.458 e. The highest BCUT2D eigenvalue weighted by molar-refractivity contribution is 7.99. The predicted molar refractivity (Wildman–Crippen MR) is 104 cm³/mol. The summed E-state index contributed by atoms with van der Waals surface area (Å²) >= 11 is 1.10. The fourth-order valence-electron chi connectivity index (χ4n) is 2.29. The lowest BCUT2D eigenvalue weighted by Gasteiger charge is -2.05. The van der Waals surface area contributed by atoms with Crippen molar-refractivity contribution in [1.82, 2.24) is 14.8 Å². The van der Waals surface area contributed by atoms with E-state index < -0.39 is 10.9 Å². The van der Waals surface area contributed by atoms with Gasteiger partial charge in [-0.05, 0) is 35.5 Å². The zero-order chi connectivity index (χ0) is 19.9. The van der Waals surface area contributed by atoms with E-state index in [0.717, 1.165) is 17.3 Å². The summed E-state index contributed by atoms with van der Waals surface area (Å²) in [4.78, 5) is 23.4. The fourth-order valence-corrected chi connectivity index (χ4v) is 3.14. The summed E-state index contributed by atoms with van der Waals surface area (Å²) in [5.74, 6) is -0.629. The molecule has 0 unspecified atom stereocenters. The van der Waals surface area contributed by atoms with Gasteiger partial charge in [-0.3, -0.25) is 10.1 Å². The van der Waals surface area contributed by atoms with Crippen molar-refractivity contribution >= 4 is 29.5 Å². The Morgan fingerprint density at radius 3 is 2.75 bits per heavy atom. The normalized spacial score (nSPS) is 10.9. The number of hydrogen-bond donors (Lipinski definition) is 0. The van der Waals surface area contributed by atoms with Crippen LogP contribution in [0.4, 0.5) is 5.69 Å². The molecule has 1 aromatic heterocycles. The third-order valence-electron chi connectivity index (χ3n) is 3.68. The smallest absolute Gasteiger partial charge is 0.338 e. The number of hydrogen-bond acceptors (Lipinski definition) is 7. The maximum absolute atomic E-state index is 12.2. The van der Waals surface area contributed by atoms with Crippen LogP contribution in [0.1, 0.15) is 15.9 Å². The lowest BCUT2D eigenvalue weighted by molar-refractivity contribution is -0.387. The van der Waals surface area contributed by atoms with Crippen LogP contribution in [0.5, 0.6) is 0 Å². The van der Waals surface area contributed by atoms with Crippen molar-refractivity contribution < 1.29 is 14.5 Å². The van der Waals surface area contributed by atoms with Crippen molar-refractivity contribution in [2.24, 2.45) is 7.05 Å². The molecule has 0 saturated carbocycles. The SMILES string of the molecule is Cn1cnnc1Sc1ccc(C(=O)OC/C=C/c2ccccc2)cc1[N+](=O)[O-]. The Hall–Kier alpha value is -3.46. The summed E-state index contributed by atoms with van der Waals surface area (Å²) in [6.07, 6.45) is 5.04. The average Bonchev–Trinajstić information content (AvgIpc) is 3.10. The molecule has 0 aliphatic heterocycles. The number of benzene rings is 2. The Morgan fingerprint density at radius 1 is 1.29 bits per heavy atom. The molecule has 0 aliphatic carbocycles. The summed E-state index contributed by atoms with van der Waals surface area (Å²) in [5, 5.41) is 19.6. The zero-order valence-corrected chi connectivity index (χ0v) is 15.7. The lowest BCUT2D eigenvalue weighted by atomic mass is 10.2. The van der Waals surface area contributed by atoms with Gasteiger partial charge in [-0.1, -0.05) is 36.4 Å². The van der Waals surface area contributed by atoms with Crippen LogP contribution in [0.2, 0.25) is 0 Å². The maximum atomic E-state index is 12.2. The van der Waals surface area contributed by atoms with Gasteiger partial charge in [-0.15, -0.1) is 10.2 Å². The second-order valence-corrected chi connectivity index (χ2v) is 6.69. The molecule has 2 aromatic carbocycles. The van der Waals surface area contributed by atoms with Crippen LogP contribution in [0.15, 0.2) is 71.0 Å². The number of nitro groups is 1. The Bertz CT molecular complexity index is 1020. The van der Waals surface area contributed by atoms with Gasteiger partial charge in [0.25, 0.3) is 5.69 Å². The second kappa shape index (κ2) is 8.96. The van der Waals surface area contributed by atoms with Crippen molar-refractivity contribution in [3.8, 4) is 0 Å². The number of carbonyl (C=O) groups is 1. The zero-order valence-electron chi connectivity index (χ0n) is 14.9. The van der Waals surface area contributed by atoms with Crippen LogP contribution >= 0.6 is 11.8 Å². The van der Waals surface area contributed by atoms with Crippen molar-refractivity contribution in [3.63, 3.8) is 0 Å². The van der Waals surface area contributed by atoms with E-state index in [4.69, 9.17) is 4.74 Å². The van der Waals surface area contributed by atoms with Gasteiger partial charge in [0.1, 0.15) is 12.9 Å². The van der Waals surface area contributed by atoms with E-state index >= 15 is 0 Å². The molecular weight excluding hydrogens is 380 g/mol. The van der Waals surface area contributed by atoms with Gasteiger partial charge in [-0.2, -0.15) is 0 Å². The van der Waals surface area contributed by atoms with Crippen molar-refractivity contribution in [2.75, 3.05) is 6.61 Å². The number of aryl methyl sites for hydroxylation is 1. The number of carbonyl (C=O) groups excluding carboxylic acids is 1. The van der Waals surface area contributed by atoms with E-state index in [-0.39, 0.29) is 17.9 Å². The molecule has 0 atom stereocenters. The number of nitro benzene ring substituents is 1. The molecule has 0 saturated heterocycles. The summed E-state index contributed by atoms with van der Waals surface area (Å²) in [6, 6.07) is 13.8. The monoisotopic (exact) mass is 396 g/mol. The molecule has 0 radical (unpaired) electrons. The van der Waals surface area contributed by atoms with Crippen LogP contribution < -0.4 is 0 Å². The Morgan fingerprint density at radius 2 is 2.07 bits per heavy atom. The molecule has 0 fully saturated rings. The topological polar surface area (TPSA) is 100 Å². The summed E-state index contributed by atoms with van der Waals surface area (Å²) < 4.78 is 6.82. The number of esters is 1. The minimum Gasteiger partial charge on any atom is -0.458 e.